The van der Waals surface area contributed by atoms with Crippen molar-refractivity contribution in [2.45, 2.75) is 334 Å². The summed E-state index contributed by atoms with van der Waals surface area (Å²) in [6, 6.07) is -0.558. The van der Waals surface area contributed by atoms with Crippen molar-refractivity contribution in [3.05, 3.63) is 12.2 Å². The van der Waals surface area contributed by atoms with Gasteiger partial charge in [0.05, 0.1) is 25.4 Å². The summed E-state index contributed by atoms with van der Waals surface area (Å²) in [5.41, 5.74) is 0. The van der Waals surface area contributed by atoms with Crippen LogP contribution < -0.4 is 5.32 Å². The Balaban J connectivity index is 3.45. The molecule has 0 bridgehead atoms. The van der Waals surface area contributed by atoms with Gasteiger partial charge in [-0.05, 0) is 51.4 Å². The molecule has 0 aromatic rings. The Bertz CT molecular complexity index is 955. The molecule has 3 N–H and O–H groups in total. The summed E-state index contributed by atoms with van der Waals surface area (Å²) >= 11 is 0. The minimum Gasteiger partial charge on any atom is -0.466 e. The fourth-order valence-corrected chi connectivity index (χ4v) is 9.11. The number of aliphatic hydroxyl groups excluding tert-OH is 2. The van der Waals surface area contributed by atoms with Gasteiger partial charge in [0, 0.05) is 12.8 Å². The number of ether oxygens (including phenoxy) is 1. The lowest BCUT2D eigenvalue weighted by molar-refractivity contribution is -0.143. The molecule has 1 amide bonds. The monoisotopic (exact) mass is 904 g/mol. The average molecular weight is 905 g/mol. The van der Waals surface area contributed by atoms with E-state index in [1.165, 1.54) is 231 Å². The predicted octanol–water partition coefficient (Wildman–Crippen LogP) is 17.7. The molecule has 0 rings (SSSR count). The van der Waals surface area contributed by atoms with Crippen LogP contribution in [0.2, 0.25) is 0 Å². The van der Waals surface area contributed by atoms with Gasteiger partial charge in [0.1, 0.15) is 0 Å². The van der Waals surface area contributed by atoms with Crippen molar-refractivity contribution in [2.75, 3.05) is 13.2 Å². The lowest BCUT2D eigenvalue weighted by Crippen LogP contribution is -2.45. The third-order valence-corrected chi connectivity index (χ3v) is 13.6. The van der Waals surface area contributed by atoms with E-state index in [2.05, 4.69) is 31.3 Å². The van der Waals surface area contributed by atoms with Crippen molar-refractivity contribution in [1.29, 1.82) is 0 Å². The molecule has 0 aromatic heterocycles. The van der Waals surface area contributed by atoms with Gasteiger partial charge in [0.25, 0.3) is 0 Å². The number of unbranched alkanes of at least 4 members (excludes halogenated alkanes) is 41. The van der Waals surface area contributed by atoms with Crippen molar-refractivity contribution in [3.63, 3.8) is 0 Å². The highest BCUT2D eigenvalue weighted by atomic mass is 16.5. The highest BCUT2D eigenvalue weighted by Gasteiger charge is 2.20. The minimum absolute atomic E-state index is 0.0182. The number of carbonyl (C=O) groups is 2. The Morgan fingerprint density at radius 1 is 0.422 bits per heavy atom. The largest absolute Gasteiger partial charge is 0.466 e. The second-order valence-corrected chi connectivity index (χ2v) is 20.0. The molecule has 2 atom stereocenters. The normalized spacial score (nSPS) is 12.6. The first kappa shape index (κ1) is 62.6. The second-order valence-electron chi connectivity index (χ2n) is 20.0. The Hall–Kier alpha value is -1.40. The summed E-state index contributed by atoms with van der Waals surface area (Å²) in [5.74, 6) is -0.0729. The van der Waals surface area contributed by atoms with Gasteiger partial charge < -0.3 is 20.3 Å². The third-order valence-electron chi connectivity index (χ3n) is 13.6. The maximum atomic E-state index is 12.5. The summed E-state index contributed by atoms with van der Waals surface area (Å²) in [6.45, 7) is 4.92. The maximum Gasteiger partial charge on any atom is 0.305 e. The smallest absolute Gasteiger partial charge is 0.305 e. The zero-order chi connectivity index (χ0) is 46.5. The molecule has 0 saturated heterocycles. The number of amides is 1. The van der Waals surface area contributed by atoms with Gasteiger partial charge in [0.15, 0.2) is 0 Å². The van der Waals surface area contributed by atoms with Crippen LogP contribution in [0.4, 0.5) is 0 Å². The molecule has 0 fully saturated rings. The quantitative estimate of drug-likeness (QED) is 0.0321. The molecule has 0 aliphatic heterocycles. The molecule has 6 nitrogen and oxygen atoms in total. The first-order valence-corrected chi connectivity index (χ1v) is 28.9. The van der Waals surface area contributed by atoms with Crippen molar-refractivity contribution < 1.29 is 24.5 Å². The van der Waals surface area contributed by atoms with Crippen LogP contribution in [-0.4, -0.2) is 47.4 Å². The van der Waals surface area contributed by atoms with E-state index in [0.29, 0.717) is 25.9 Å². The molecule has 64 heavy (non-hydrogen) atoms. The molecule has 380 valence electrons. The van der Waals surface area contributed by atoms with Crippen molar-refractivity contribution in [2.24, 2.45) is 0 Å². The third kappa shape index (κ3) is 50.0. The standard InChI is InChI=1S/C58H113NO5/c1-3-5-7-9-11-13-15-17-19-21-23-25-27-29-31-36-40-44-48-52-58(63)64-53-49-45-41-37-33-32-35-39-43-47-51-57(62)59-55(54-60)56(61)50-46-42-38-34-30-28-26-24-22-20-18-16-14-12-10-8-6-4-2/h17,19,55-56,60-61H,3-16,18,20-54H2,1-2H3,(H,59,62)/b19-17-. The van der Waals surface area contributed by atoms with Crippen LogP contribution in [0.25, 0.3) is 0 Å². The molecule has 0 heterocycles. The van der Waals surface area contributed by atoms with Crippen molar-refractivity contribution in [3.8, 4) is 0 Å². The Labute approximate surface area is 399 Å². The van der Waals surface area contributed by atoms with E-state index in [1.807, 2.05) is 0 Å². The second kappa shape index (κ2) is 54.2. The van der Waals surface area contributed by atoms with Gasteiger partial charge in [-0.3, -0.25) is 9.59 Å². The summed E-state index contributed by atoms with van der Waals surface area (Å²) < 4.78 is 5.48. The Morgan fingerprint density at radius 2 is 0.734 bits per heavy atom. The number of allylic oxidation sites excluding steroid dienone is 2. The molecular formula is C58H113NO5. The minimum atomic E-state index is -0.679. The number of hydrogen-bond donors (Lipinski definition) is 3. The lowest BCUT2D eigenvalue weighted by atomic mass is 10.0. The van der Waals surface area contributed by atoms with Crippen molar-refractivity contribution in [1.82, 2.24) is 5.32 Å². The van der Waals surface area contributed by atoms with Crippen LogP contribution in [0.15, 0.2) is 12.2 Å². The summed E-state index contributed by atoms with van der Waals surface area (Å²) in [6.07, 6.45) is 63.4. The fourth-order valence-electron chi connectivity index (χ4n) is 9.11. The first-order valence-electron chi connectivity index (χ1n) is 28.9. The number of nitrogens with one attached hydrogen (secondary N) is 1. The van der Waals surface area contributed by atoms with Crippen LogP contribution >= 0.6 is 0 Å². The van der Waals surface area contributed by atoms with Crippen LogP contribution in [-0.2, 0) is 14.3 Å². The number of carbonyl (C=O) groups excluding carboxylic acids is 2. The van der Waals surface area contributed by atoms with E-state index in [-0.39, 0.29) is 18.5 Å². The van der Waals surface area contributed by atoms with Gasteiger partial charge >= 0.3 is 5.97 Å². The molecule has 0 aromatic carbocycles. The van der Waals surface area contributed by atoms with E-state index in [9.17, 15) is 19.8 Å². The Kier molecular flexibility index (Phi) is 53.0. The predicted molar refractivity (Wildman–Crippen MR) is 278 cm³/mol. The van der Waals surface area contributed by atoms with Gasteiger partial charge in [-0.25, -0.2) is 0 Å². The van der Waals surface area contributed by atoms with E-state index < -0.39 is 12.1 Å². The maximum absolute atomic E-state index is 12.5. The number of aliphatic hydroxyl groups is 2. The van der Waals surface area contributed by atoms with E-state index in [4.69, 9.17) is 4.74 Å². The summed E-state index contributed by atoms with van der Waals surface area (Å²) in [7, 11) is 0. The zero-order valence-corrected chi connectivity index (χ0v) is 43.3. The highest BCUT2D eigenvalue weighted by molar-refractivity contribution is 5.76. The van der Waals surface area contributed by atoms with Crippen LogP contribution in [0, 0.1) is 0 Å². The molecule has 0 saturated carbocycles. The van der Waals surface area contributed by atoms with Gasteiger partial charge in [0.2, 0.25) is 5.91 Å². The summed E-state index contributed by atoms with van der Waals surface area (Å²) in [4.78, 5) is 24.6. The van der Waals surface area contributed by atoms with E-state index in [0.717, 1.165) is 57.8 Å². The molecule has 0 aliphatic carbocycles. The van der Waals surface area contributed by atoms with Crippen LogP contribution in [0.1, 0.15) is 322 Å². The molecule has 6 heteroatoms. The van der Waals surface area contributed by atoms with E-state index >= 15 is 0 Å². The molecule has 0 aliphatic rings. The number of esters is 1. The van der Waals surface area contributed by atoms with E-state index in [1.54, 1.807) is 0 Å². The number of hydrogen-bond acceptors (Lipinski definition) is 5. The summed E-state index contributed by atoms with van der Waals surface area (Å²) in [5, 5.41) is 23.3. The van der Waals surface area contributed by atoms with Gasteiger partial charge in [-0.2, -0.15) is 0 Å². The molecule has 0 radical (unpaired) electrons. The first-order chi connectivity index (χ1) is 31.5. The van der Waals surface area contributed by atoms with Gasteiger partial charge in [-0.15, -0.1) is 0 Å². The van der Waals surface area contributed by atoms with Crippen LogP contribution in [0.3, 0.4) is 0 Å². The van der Waals surface area contributed by atoms with Crippen molar-refractivity contribution >= 4 is 11.9 Å². The number of rotatable bonds is 54. The molecule has 2 unspecified atom stereocenters. The SMILES string of the molecule is CCCCCCCC/C=C\CCCCCCCCCCCC(=O)OCCCCCCCCCCCCC(=O)NC(CO)C(O)CCCCCCCCCCCCCCCCCCCC. The van der Waals surface area contributed by atoms with Gasteiger partial charge in [-0.1, -0.05) is 270 Å². The van der Waals surface area contributed by atoms with Crippen LogP contribution in [0.5, 0.6) is 0 Å². The Morgan fingerprint density at radius 3 is 1.11 bits per heavy atom. The highest BCUT2D eigenvalue weighted by Crippen LogP contribution is 2.17. The average Bonchev–Trinajstić information content (AvgIpc) is 3.29. The zero-order valence-electron chi connectivity index (χ0n) is 43.3. The molecule has 0 spiro atoms. The fraction of sp³-hybridized carbons (Fsp3) is 0.931. The topological polar surface area (TPSA) is 95.9 Å². The lowest BCUT2D eigenvalue weighted by Gasteiger charge is -2.22. The molecular weight excluding hydrogens is 791 g/mol.